The second-order valence-electron chi connectivity index (χ2n) is 5.19. The lowest BCUT2D eigenvalue weighted by molar-refractivity contribution is -0.142. The molecule has 1 aromatic heterocycles. The van der Waals surface area contributed by atoms with Crippen molar-refractivity contribution in [3.63, 3.8) is 0 Å². The number of hydrogen-bond donors (Lipinski definition) is 2. The third-order valence-electron chi connectivity index (χ3n) is 3.93. The van der Waals surface area contributed by atoms with Crippen LogP contribution < -0.4 is 0 Å². The predicted molar refractivity (Wildman–Crippen MR) is 73.1 cm³/mol. The lowest BCUT2D eigenvalue weighted by atomic mass is 9.86. The van der Waals surface area contributed by atoms with E-state index >= 15 is 0 Å². The number of phenolic OH excluding ortho intramolecular Hbond substituents is 1. The van der Waals surface area contributed by atoms with Crippen molar-refractivity contribution in [2.45, 2.75) is 26.2 Å². The first kappa shape index (κ1) is 12.7. The Morgan fingerprint density at radius 1 is 1.40 bits per heavy atom. The first-order valence-corrected chi connectivity index (χ1v) is 6.66. The molecule has 1 heterocycles. The normalized spacial score (nSPS) is 17.8. The van der Waals surface area contributed by atoms with E-state index < -0.39 is 5.97 Å². The summed E-state index contributed by atoms with van der Waals surface area (Å²) >= 11 is 0. The van der Waals surface area contributed by atoms with Crippen LogP contribution in [0.2, 0.25) is 0 Å². The van der Waals surface area contributed by atoms with Crippen LogP contribution in [0.1, 0.15) is 23.4 Å². The summed E-state index contributed by atoms with van der Waals surface area (Å²) in [6.45, 7) is 1.89. The van der Waals surface area contributed by atoms with Crippen LogP contribution in [-0.4, -0.2) is 26.0 Å². The number of aromatic nitrogens is 2. The molecule has 1 aliphatic rings. The van der Waals surface area contributed by atoms with Crippen LogP contribution in [0.15, 0.2) is 24.3 Å². The van der Waals surface area contributed by atoms with Crippen LogP contribution in [0.4, 0.5) is 0 Å². The van der Waals surface area contributed by atoms with Crippen LogP contribution in [0.25, 0.3) is 5.69 Å². The van der Waals surface area contributed by atoms with Crippen molar-refractivity contribution in [2.75, 3.05) is 0 Å². The van der Waals surface area contributed by atoms with Gasteiger partial charge in [0.15, 0.2) is 0 Å². The van der Waals surface area contributed by atoms with Gasteiger partial charge in [-0.2, -0.15) is 5.10 Å². The number of phenols is 1. The van der Waals surface area contributed by atoms with Crippen LogP contribution in [0, 0.1) is 12.8 Å². The average molecular weight is 272 g/mol. The van der Waals surface area contributed by atoms with Crippen molar-refractivity contribution in [1.82, 2.24) is 9.78 Å². The highest BCUT2D eigenvalue weighted by Crippen LogP contribution is 2.32. The molecule has 3 rings (SSSR count). The van der Waals surface area contributed by atoms with Gasteiger partial charge in [-0.3, -0.25) is 4.79 Å². The summed E-state index contributed by atoms with van der Waals surface area (Å²) in [5, 5.41) is 23.6. The number of carboxylic acids is 1. The standard InChI is InChI=1S/C15H16N2O3/c1-9-11-8-10(15(19)20)6-7-12(11)17(16-9)13-4-2-3-5-14(13)18/h2-5,10,18H,6-8H2,1H3,(H,19,20). The van der Waals surface area contributed by atoms with Gasteiger partial charge < -0.3 is 10.2 Å². The van der Waals surface area contributed by atoms with E-state index in [9.17, 15) is 9.90 Å². The molecular formula is C15H16N2O3. The van der Waals surface area contributed by atoms with E-state index in [2.05, 4.69) is 5.10 Å². The van der Waals surface area contributed by atoms with Crippen molar-refractivity contribution in [2.24, 2.45) is 5.92 Å². The van der Waals surface area contributed by atoms with Gasteiger partial charge in [0.05, 0.1) is 11.6 Å². The summed E-state index contributed by atoms with van der Waals surface area (Å²) in [5.41, 5.74) is 3.51. The summed E-state index contributed by atoms with van der Waals surface area (Å²) in [6, 6.07) is 7.05. The highest BCUT2D eigenvalue weighted by Gasteiger charge is 2.29. The quantitative estimate of drug-likeness (QED) is 0.877. The SMILES string of the molecule is Cc1nn(-c2ccccc2O)c2c1CC(C(=O)O)CC2. The number of nitrogens with zero attached hydrogens (tertiary/aromatic N) is 2. The zero-order valence-electron chi connectivity index (χ0n) is 11.2. The topological polar surface area (TPSA) is 75.3 Å². The Hall–Kier alpha value is -2.30. The Labute approximate surface area is 116 Å². The second kappa shape index (κ2) is 4.67. The van der Waals surface area contributed by atoms with Crippen LogP contribution in [0.5, 0.6) is 5.75 Å². The maximum Gasteiger partial charge on any atom is 0.306 e. The Morgan fingerprint density at radius 3 is 2.85 bits per heavy atom. The van der Waals surface area contributed by atoms with Gasteiger partial charge >= 0.3 is 5.97 Å². The minimum atomic E-state index is -0.745. The third-order valence-corrected chi connectivity index (χ3v) is 3.93. The molecule has 1 aromatic carbocycles. The Balaban J connectivity index is 2.07. The number of para-hydroxylation sites is 2. The molecule has 0 fully saturated rings. The van der Waals surface area contributed by atoms with E-state index in [1.54, 1.807) is 16.8 Å². The fourth-order valence-electron chi connectivity index (χ4n) is 2.84. The minimum absolute atomic E-state index is 0.179. The van der Waals surface area contributed by atoms with E-state index in [1.807, 2.05) is 19.1 Å². The van der Waals surface area contributed by atoms with Gasteiger partial charge in [0.2, 0.25) is 0 Å². The summed E-state index contributed by atoms with van der Waals surface area (Å²) in [4.78, 5) is 11.1. The van der Waals surface area contributed by atoms with Gasteiger partial charge in [0.25, 0.3) is 0 Å². The highest BCUT2D eigenvalue weighted by molar-refractivity contribution is 5.71. The van der Waals surface area contributed by atoms with Crippen LogP contribution in [-0.2, 0) is 17.6 Å². The zero-order chi connectivity index (χ0) is 14.3. The largest absolute Gasteiger partial charge is 0.506 e. The monoisotopic (exact) mass is 272 g/mol. The van der Waals surface area contributed by atoms with Crippen LogP contribution >= 0.6 is 0 Å². The second-order valence-corrected chi connectivity index (χ2v) is 5.19. The fraction of sp³-hybridized carbons (Fsp3) is 0.333. The number of benzene rings is 1. The van der Waals surface area contributed by atoms with Crippen molar-refractivity contribution in [1.29, 1.82) is 0 Å². The summed E-state index contributed by atoms with van der Waals surface area (Å²) in [6.07, 6.45) is 1.80. The molecule has 0 radical (unpaired) electrons. The molecule has 1 aliphatic carbocycles. The number of aryl methyl sites for hydroxylation is 1. The smallest absolute Gasteiger partial charge is 0.306 e. The number of aromatic hydroxyl groups is 1. The lowest BCUT2D eigenvalue weighted by Crippen LogP contribution is -2.23. The molecule has 2 N–H and O–H groups in total. The molecule has 2 aromatic rings. The molecule has 0 amide bonds. The lowest BCUT2D eigenvalue weighted by Gasteiger charge is -2.20. The van der Waals surface area contributed by atoms with E-state index in [0.29, 0.717) is 24.9 Å². The summed E-state index contributed by atoms with van der Waals surface area (Å²) in [5.74, 6) is -0.897. The average Bonchev–Trinajstić information content (AvgIpc) is 2.76. The van der Waals surface area contributed by atoms with Gasteiger partial charge in [0, 0.05) is 5.69 Å². The Morgan fingerprint density at radius 2 is 2.15 bits per heavy atom. The Kier molecular flexibility index (Phi) is 2.97. The molecule has 5 nitrogen and oxygen atoms in total. The van der Waals surface area contributed by atoms with Crippen molar-refractivity contribution < 1.29 is 15.0 Å². The number of aliphatic carboxylic acids is 1. The number of carboxylic acid groups (broad SMARTS) is 1. The molecule has 1 atom stereocenters. The minimum Gasteiger partial charge on any atom is -0.506 e. The van der Waals surface area contributed by atoms with Crippen molar-refractivity contribution >= 4 is 5.97 Å². The van der Waals surface area contributed by atoms with Gasteiger partial charge in [-0.05, 0) is 43.9 Å². The number of rotatable bonds is 2. The number of carbonyl (C=O) groups is 1. The number of fused-ring (bicyclic) bond motifs is 1. The molecule has 20 heavy (non-hydrogen) atoms. The highest BCUT2D eigenvalue weighted by atomic mass is 16.4. The van der Waals surface area contributed by atoms with E-state index in [0.717, 1.165) is 17.0 Å². The van der Waals surface area contributed by atoms with Crippen molar-refractivity contribution in [3.05, 3.63) is 41.2 Å². The maximum absolute atomic E-state index is 11.1. The predicted octanol–water partition coefficient (Wildman–Crippen LogP) is 2.08. The first-order valence-electron chi connectivity index (χ1n) is 6.66. The number of hydrogen-bond acceptors (Lipinski definition) is 3. The molecule has 1 unspecified atom stereocenters. The van der Waals surface area contributed by atoms with Crippen molar-refractivity contribution in [3.8, 4) is 11.4 Å². The molecule has 5 heteroatoms. The van der Waals surface area contributed by atoms with Gasteiger partial charge in [-0.15, -0.1) is 0 Å². The Bertz CT molecular complexity index is 676. The zero-order valence-corrected chi connectivity index (χ0v) is 11.2. The van der Waals surface area contributed by atoms with E-state index in [4.69, 9.17) is 5.11 Å². The summed E-state index contributed by atoms with van der Waals surface area (Å²) in [7, 11) is 0. The van der Waals surface area contributed by atoms with Gasteiger partial charge in [-0.25, -0.2) is 4.68 Å². The molecule has 0 saturated carbocycles. The molecule has 104 valence electrons. The molecule has 0 spiro atoms. The fourth-order valence-corrected chi connectivity index (χ4v) is 2.84. The maximum atomic E-state index is 11.1. The van der Waals surface area contributed by atoms with Gasteiger partial charge in [0.1, 0.15) is 11.4 Å². The van der Waals surface area contributed by atoms with E-state index in [1.165, 1.54) is 0 Å². The molecule has 0 bridgehead atoms. The first-order chi connectivity index (χ1) is 9.58. The molecule has 0 saturated heterocycles. The molecule has 0 aliphatic heterocycles. The van der Waals surface area contributed by atoms with Crippen LogP contribution in [0.3, 0.4) is 0 Å². The van der Waals surface area contributed by atoms with Gasteiger partial charge in [-0.1, -0.05) is 12.1 Å². The summed E-state index contributed by atoms with van der Waals surface area (Å²) < 4.78 is 1.75. The molecular weight excluding hydrogens is 256 g/mol. The van der Waals surface area contributed by atoms with E-state index in [-0.39, 0.29) is 11.7 Å². The third kappa shape index (κ3) is 1.95.